The van der Waals surface area contributed by atoms with Crippen LogP contribution in [-0.4, -0.2) is 33.2 Å². The maximum absolute atomic E-state index is 11.4. The molecule has 0 spiro atoms. The minimum Gasteiger partial charge on any atom is -0.480 e. The van der Waals surface area contributed by atoms with E-state index in [-0.39, 0.29) is 6.10 Å². The van der Waals surface area contributed by atoms with Crippen LogP contribution in [0.15, 0.2) is 42.7 Å². The van der Waals surface area contributed by atoms with Crippen molar-refractivity contribution in [2.75, 3.05) is 5.32 Å². The number of carbonyl (C=O) groups is 1. The number of anilines is 1. The second kappa shape index (κ2) is 7.40. The summed E-state index contributed by atoms with van der Waals surface area (Å²) in [6, 6.07) is 10.3. The van der Waals surface area contributed by atoms with E-state index in [2.05, 4.69) is 15.3 Å². The molecule has 22 heavy (non-hydrogen) atoms. The average Bonchev–Trinajstić information content (AvgIpc) is 2.47. The second-order valence-electron chi connectivity index (χ2n) is 5.13. The van der Waals surface area contributed by atoms with Crippen molar-refractivity contribution >= 4 is 11.8 Å². The largest absolute Gasteiger partial charge is 0.480 e. The number of nitrogens with one attached hydrogen (secondary N) is 1. The molecule has 1 aromatic heterocycles. The summed E-state index contributed by atoms with van der Waals surface area (Å²) in [5.74, 6) is -0.0980. The molecule has 0 radical (unpaired) electrons. The van der Waals surface area contributed by atoms with Crippen LogP contribution in [0.4, 0.5) is 5.82 Å². The molecular weight excluding hydrogens is 282 g/mol. The van der Waals surface area contributed by atoms with E-state index in [4.69, 9.17) is 4.74 Å². The van der Waals surface area contributed by atoms with Crippen LogP contribution in [0.5, 0.6) is 5.88 Å². The maximum atomic E-state index is 11.4. The van der Waals surface area contributed by atoms with Gasteiger partial charge in [0.1, 0.15) is 18.2 Å². The van der Waals surface area contributed by atoms with E-state index in [1.165, 1.54) is 6.33 Å². The summed E-state index contributed by atoms with van der Waals surface area (Å²) in [5, 5.41) is 12.3. The third-order valence-corrected chi connectivity index (χ3v) is 2.90. The number of carboxylic acid groups (broad SMARTS) is 1. The number of carboxylic acids is 1. The smallest absolute Gasteiger partial charge is 0.326 e. The Morgan fingerprint density at radius 3 is 2.64 bits per heavy atom. The highest BCUT2D eigenvalue weighted by Crippen LogP contribution is 2.15. The van der Waals surface area contributed by atoms with Gasteiger partial charge in [0.2, 0.25) is 5.88 Å². The summed E-state index contributed by atoms with van der Waals surface area (Å²) in [6.07, 6.45) is 1.70. The van der Waals surface area contributed by atoms with Crippen molar-refractivity contribution in [2.24, 2.45) is 0 Å². The van der Waals surface area contributed by atoms with Crippen molar-refractivity contribution < 1.29 is 14.6 Å². The average molecular weight is 301 g/mol. The first-order valence-corrected chi connectivity index (χ1v) is 7.06. The van der Waals surface area contributed by atoms with Gasteiger partial charge in [0, 0.05) is 12.5 Å². The highest BCUT2D eigenvalue weighted by atomic mass is 16.5. The molecule has 1 aromatic carbocycles. The number of ether oxygens (including phenoxy) is 1. The van der Waals surface area contributed by atoms with Crippen LogP contribution in [0.1, 0.15) is 19.4 Å². The third-order valence-electron chi connectivity index (χ3n) is 2.90. The molecule has 2 N–H and O–H groups in total. The molecular formula is C16H19N3O3. The van der Waals surface area contributed by atoms with E-state index >= 15 is 0 Å². The van der Waals surface area contributed by atoms with Crippen molar-refractivity contribution in [2.45, 2.75) is 32.4 Å². The molecule has 1 atom stereocenters. The van der Waals surface area contributed by atoms with Crippen LogP contribution >= 0.6 is 0 Å². The Hall–Kier alpha value is -2.63. The minimum atomic E-state index is -0.936. The summed E-state index contributed by atoms with van der Waals surface area (Å²) >= 11 is 0. The molecule has 0 aliphatic rings. The van der Waals surface area contributed by atoms with Gasteiger partial charge in [0.05, 0.1) is 6.10 Å². The lowest BCUT2D eigenvalue weighted by molar-refractivity contribution is -0.137. The highest BCUT2D eigenvalue weighted by molar-refractivity contribution is 5.77. The SMILES string of the molecule is CC(C)Oc1cc(N[C@@H](Cc2ccccc2)C(=O)O)ncn1. The molecule has 0 unspecified atom stereocenters. The summed E-state index contributed by atoms with van der Waals surface area (Å²) in [5.41, 5.74) is 0.940. The zero-order valence-corrected chi connectivity index (χ0v) is 12.6. The van der Waals surface area contributed by atoms with Gasteiger partial charge in [-0.2, -0.15) is 0 Å². The van der Waals surface area contributed by atoms with Gasteiger partial charge in [0.25, 0.3) is 0 Å². The zero-order chi connectivity index (χ0) is 15.9. The van der Waals surface area contributed by atoms with Crippen molar-refractivity contribution in [3.8, 4) is 5.88 Å². The van der Waals surface area contributed by atoms with Gasteiger partial charge in [-0.05, 0) is 19.4 Å². The molecule has 0 amide bonds. The van der Waals surface area contributed by atoms with E-state index in [0.29, 0.717) is 18.1 Å². The van der Waals surface area contributed by atoms with Gasteiger partial charge in [-0.25, -0.2) is 14.8 Å². The number of aliphatic carboxylic acids is 1. The van der Waals surface area contributed by atoms with Crippen LogP contribution in [0, 0.1) is 0 Å². The summed E-state index contributed by atoms with van der Waals surface area (Å²) in [6.45, 7) is 3.79. The molecule has 0 saturated carbocycles. The molecule has 116 valence electrons. The number of aromatic nitrogens is 2. The molecule has 0 aliphatic heterocycles. The van der Waals surface area contributed by atoms with E-state index in [1.54, 1.807) is 6.07 Å². The number of hydrogen-bond acceptors (Lipinski definition) is 5. The van der Waals surface area contributed by atoms with Crippen molar-refractivity contribution in [1.29, 1.82) is 0 Å². The van der Waals surface area contributed by atoms with Crippen LogP contribution in [0.2, 0.25) is 0 Å². The quantitative estimate of drug-likeness (QED) is 0.816. The fraction of sp³-hybridized carbons (Fsp3) is 0.312. The van der Waals surface area contributed by atoms with Crippen LogP contribution in [-0.2, 0) is 11.2 Å². The second-order valence-corrected chi connectivity index (χ2v) is 5.13. The zero-order valence-electron chi connectivity index (χ0n) is 12.6. The maximum Gasteiger partial charge on any atom is 0.326 e. The molecule has 0 fully saturated rings. The first-order valence-electron chi connectivity index (χ1n) is 7.06. The van der Waals surface area contributed by atoms with E-state index in [1.807, 2.05) is 44.2 Å². The molecule has 6 heteroatoms. The van der Waals surface area contributed by atoms with Crippen LogP contribution in [0.25, 0.3) is 0 Å². The Morgan fingerprint density at radius 2 is 2.00 bits per heavy atom. The van der Waals surface area contributed by atoms with Gasteiger partial charge < -0.3 is 15.2 Å². The molecule has 2 rings (SSSR count). The predicted molar refractivity (Wildman–Crippen MR) is 83.0 cm³/mol. The van der Waals surface area contributed by atoms with E-state index < -0.39 is 12.0 Å². The lowest BCUT2D eigenvalue weighted by atomic mass is 10.1. The molecule has 0 bridgehead atoms. The van der Waals surface area contributed by atoms with Gasteiger partial charge in [-0.3, -0.25) is 0 Å². The normalized spacial score (nSPS) is 12.0. The molecule has 1 heterocycles. The monoisotopic (exact) mass is 301 g/mol. The predicted octanol–water partition coefficient (Wildman–Crippen LogP) is 2.37. The lowest BCUT2D eigenvalue weighted by Gasteiger charge is -2.16. The molecule has 2 aromatic rings. The fourth-order valence-electron chi connectivity index (χ4n) is 1.95. The van der Waals surface area contributed by atoms with E-state index in [9.17, 15) is 9.90 Å². The minimum absolute atomic E-state index is 0.0117. The molecule has 0 aliphatic carbocycles. The number of hydrogen-bond donors (Lipinski definition) is 2. The third kappa shape index (κ3) is 4.73. The highest BCUT2D eigenvalue weighted by Gasteiger charge is 2.18. The summed E-state index contributed by atoms with van der Waals surface area (Å²) < 4.78 is 5.48. The van der Waals surface area contributed by atoms with Gasteiger partial charge in [0.15, 0.2) is 0 Å². The van der Waals surface area contributed by atoms with E-state index in [0.717, 1.165) is 5.56 Å². The van der Waals surface area contributed by atoms with Crippen LogP contribution < -0.4 is 10.1 Å². The first-order chi connectivity index (χ1) is 10.5. The number of benzene rings is 1. The van der Waals surface area contributed by atoms with Crippen molar-refractivity contribution in [1.82, 2.24) is 9.97 Å². The molecule has 0 saturated heterocycles. The Bertz CT molecular complexity index is 617. The Kier molecular flexibility index (Phi) is 5.30. The summed E-state index contributed by atoms with van der Waals surface area (Å²) in [4.78, 5) is 19.5. The van der Waals surface area contributed by atoms with Gasteiger partial charge in [-0.1, -0.05) is 30.3 Å². The molecule has 6 nitrogen and oxygen atoms in total. The van der Waals surface area contributed by atoms with Crippen molar-refractivity contribution in [3.63, 3.8) is 0 Å². The lowest BCUT2D eigenvalue weighted by Crippen LogP contribution is -2.31. The first kappa shape index (κ1) is 15.8. The standard InChI is InChI=1S/C16H19N3O3/c1-11(2)22-15-9-14(17-10-18-15)19-13(16(20)21)8-12-6-4-3-5-7-12/h3-7,9-11,13H,8H2,1-2H3,(H,20,21)(H,17,18,19)/t13-/m0/s1. The topological polar surface area (TPSA) is 84.3 Å². The van der Waals surface area contributed by atoms with Gasteiger partial charge in [-0.15, -0.1) is 0 Å². The Labute approximate surface area is 129 Å². The van der Waals surface area contributed by atoms with Gasteiger partial charge >= 0.3 is 5.97 Å². The van der Waals surface area contributed by atoms with Crippen molar-refractivity contribution in [3.05, 3.63) is 48.3 Å². The number of rotatable bonds is 7. The Morgan fingerprint density at radius 1 is 1.27 bits per heavy atom. The number of nitrogens with zero attached hydrogens (tertiary/aromatic N) is 2. The van der Waals surface area contributed by atoms with Crippen LogP contribution in [0.3, 0.4) is 0 Å². The Balaban J connectivity index is 2.09. The fourth-order valence-corrected chi connectivity index (χ4v) is 1.95. The summed E-state index contributed by atoms with van der Waals surface area (Å²) in [7, 11) is 0.